The van der Waals surface area contributed by atoms with Crippen molar-refractivity contribution in [1.82, 2.24) is 0 Å². The van der Waals surface area contributed by atoms with Crippen molar-refractivity contribution in [2.45, 2.75) is 57.8 Å². The predicted molar refractivity (Wildman–Crippen MR) is 71.4 cm³/mol. The highest BCUT2D eigenvalue weighted by molar-refractivity contribution is 5.80. The second-order valence-electron chi connectivity index (χ2n) is 6.20. The van der Waals surface area contributed by atoms with Gasteiger partial charge in [0.1, 0.15) is 5.78 Å². The molecule has 0 aromatic heterocycles. The van der Waals surface area contributed by atoms with Gasteiger partial charge in [-0.25, -0.2) is 0 Å². The molecule has 0 N–H and O–H groups in total. The molecule has 1 aromatic rings. The van der Waals surface area contributed by atoms with E-state index in [1.165, 1.54) is 17.5 Å². The van der Waals surface area contributed by atoms with Gasteiger partial charge in [-0.2, -0.15) is 0 Å². The van der Waals surface area contributed by atoms with Crippen molar-refractivity contribution in [2.24, 2.45) is 0 Å². The molecule has 0 aliphatic heterocycles. The maximum Gasteiger partial charge on any atom is 0.133 e. The minimum absolute atomic E-state index is 0.209. The first-order chi connectivity index (χ1) is 7.97. The Morgan fingerprint density at radius 1 is 1.12 bits per heavy atom. The van der Waals surface area contributed by atoms with E-state index in [-0.39, 0.29) is 5.41 Å². The lowest BCUT2D eigenvalue weighted by Gasteiger charge is -2.23. The van der Waals surface area contributed by atoms with Gasteiger partial charge in [0.2, 0.25) is 0 Å². The topological polar surface area (TPSA) is 17.1 Å². The van der Waals surface area contributed by atoms with Crippen LogP contribution in [-0.4, -0.2) is 5.78 Å². The standard InChI is InChI=1S/C16H22O/c1-16(2,3)14-9-7-12(8-10-14)13-5-4-6-15(17)11-13/h7-10,13H,4-6,11H2,1-3H3. The Morgan fingerprint density at radius 2 is 1.76 bits per heavy atom. The van der Waals surface area contributed by atoms with Crippen LogP contribution in [0, 0.1) is 0 Å². The summed E-state index contributed by atoms with van der Waals surface area (Å²) in [5.41, 5.74) is 2.91. The summed E-state index contributed by atoms with van der Waals surface area (Å²) in [6.45, 7) is 6.68. The smallest absolute Gasteiger partial charge is 0.133 e. The highest BCUT2D eigenvalue weighted by Crippen LogP contribution is 2.32. The number of carbonyl (C=O) groups excluding carboxylic acids is 1. The SMILES string of the molecule is CC(C)(C)c1ccc(C2CCCC(=O)C2)cc1. The summed E-state index contributed by atoms with van der Waals surface area (Å²) < 4.78 is 0. The number of hydrogen-bond acceptors (Lipinski definition) is 1. The third-order valence-corrected chi connectivity index (χ3v) is 3.73. The molecule has 2 rings (SSSR count). The van der Waals surface area contributed by atoms with Crippen LogP contribution in [0.25, 0.3) is 0 Å². The zero-order valence-corrected chi connectivity index (χ0v) is 11.1. The lowest BCUT2D eigenvalue weighted by atomic mass is 9.81. The number of rotatable bonds is 1. The van der Waals surface area contributed by atoms with Gasteiger partial charge in [-0.3, -0.25) is 4.79 Å². The van der Waals surface area contributed by atoms with Crippen LogP contribution in [-0.2, 0) is 10.2 Å². The molecule has 1 fully saturated rings. The van der Waals surface area contributed by atoms with Gasteiger partial charge in [0.05, 0.1) is 0 Å². The van der Waals surface area contributed by atoms with Crippen LogP contribution in [0.2, 0.25) is 0 Å². The maximum atomic E-state index is 11.5. The average molecular weight is 230 g/mol. The number of benzene rings is 1. The maximum absolute atomic E-state index is 11.5. The van der Waals surface area contributed by atoms with Gasteiger partial charge in [-0.1, -0.05) is 45.0 Å². The molecule has 1 unspecified atom stereocenters. The summed E-state index contributed by atoms with van der Waals surface area (Å²) in [5.74, 6) is 0.895. The zero-order valence-electron chi connectivity index (χ0n) is 11.1. The van der Waals surface area contributed by atoms with Crippen molar-refractivity contribution in [3.63, 3.8) is 0 Å². The third kappa shape index (κ3) is 2.96. The molecule has 0 spiro atoms. The second kappa shape index (κ2) is 4.64. The van der Waals surface area contributed by atoms with Gasteiger partial charge in [0.25, 0.3) is 0 Å². The molecule has 17 heavy (non-hydrogen) atoms. The Kier molecular flexibility index (Phi) is 3.37. The van der Waals surface area contributed by atoms with Crippen LogP contribution in [0.1, 0.15) is 63.5 Å². The predicted octanol–water partition coefficient (Wildman–Crippen LogP) is 4.21. The normalized spacial score (nSPS) is 21.6. The van der Waals surface area contributed by atoms with E-state index in [4.69, 9.17) is 0 Å². The Labute approximate surface area is 104 Å². The van der Waals surface area contributed by atoms with E-state index in [0.717, 1.165) is 19.3 Å². The van der Waals surface area contributed by atoms with E-state index in [2.05, 4.69) is 45.0 Å². The van der Waals surface area contributed by atoms with Crippen molar-refractivity contribution in [3.05, 3.63) is 35.4 Å². The second-order valence-corrected chi connectivity index (χ2v) is 6.20. The fourth-order valence-electron chi connectivity index (χ4n) is 2.56. The van der Waals surface area contributed by atoms with Gasteiger partial charge in [-0.05, 0) is 35.3 Å². The van der Waals surface area contributed by atoms with E-state index in [1.54, 1.807) is 0 Å². The molecule has 0 bridgehead atoms. The highest BCUT2D eigenvalue weighted by Gasteiger charge is 2.21. The molecule has 1 heteroatoms. The van der Waals surface area contributed by atoms with Gasteiger partial charge in [0.15, 0.2) is 0 Å². The molecule has 1 atom stereocenters. The average Bonchev–Trinajstić information content (AvgIpc) is 2.28. The van der Waals surface area contributed by atoms with E-state index in [9.17, 15) is 4.79 Å². The Bertz CT molecular complexity index is 395. The third-order valence-electron chi connectivity index (χ3n) is 3.73. The Morgan fingerprint density at radius 3 is 2.29 bits per heavy atom. The number of carbonyl (C=O) groups is 1. The summed E-state index contributed by atoms with van der Waals surface area (Å²) in [6.07, 6.45) is 3.76. The lowest BCUT2D eigenvalue weighted by Crippen LogP contribution is -2.14. The number of ketones is 1. The van der Waals surface area contributed by atoms with E-state index in [1.807, 2.05) is 0 Å². The molecule has 0 amide bonds. The largest absolute Gasteiger partial charge is 0.300 e. The monoisotopic (exact) mass is 230 g/mol. The molecule has 0 saturated heterocycles. The Hall–Kier alpha value is -1.11. The van der Waals surface area contributed by atoms with Crippen LogP contribution in [0.15, 0.2) is 24.3 Å². The molecule has 0 heterocycles. The van der Waals surface area contributed by atoms with Crippen LogP contribution >= 0.6 is 0 Å². The molecule has 1 aliphatic rings. The number of hydrogen-bond donors (Lipinski definition) is 0. The van der Waals surface area contributed by atoms with Crippen LogP contribution in [0.4, 0.5) is 0 Å². The van der Waals surface area contributed by atoms with Crippen molar-refractivity contribution >= 4 is 5.78 Å². The van der Waals surface area contributed by atoms with Crippen LogP contribution in [0.5, 0.6) is 0 Å². The fourth-order valence-corrected chi connectivity index (χ4v) is 2.56. The lowest BCUT2D eigenvalue weighted by molar-refractivity contribution is -0.120. The first kappa shape index (κ1) is 12.3. The summed E-state index contributed by atoms with van der Waals surface area (Å²) in [5, 5.41) is 0. The van der Waals surface area contributed by atoms with Gasteiger partial charge >= 0.3 is 0 Å². The summed E-state index contributed by atoms with van der Waals surface area (Å²) in [4.78, 5) is 11.5. The zero-order chi connectivity index (χ0) is 12.5. The van der Waals surface area contributed by atoms with E-state index < -0.39 is 0 Å². The first-order valence-electron chi connectivity index (χ1n) is 6.59. The molecule has 0 radical (unpaired) electrons. The minimum atomic E-state index is 0.209. The van der Waals surface area contributed by atoms with E-state index >= 15 is 0 Å². The van der Waals surface area contributed by atoms with Crippen molar-refractivity contribution in [2.75, 3.05) is 0 Å². The summed E-state index contributed by atoms with van der Waals surface area (Å²) in [7, 11) is 0. The molecule has 1 aromatic carbocycles. The van der Waals surface area contributed by atoms with E-state index in [0.29, 0.717) is 11.7 Å². The highest BCUT2D eigenvalue weighted by atomic mass is 16.1. The van der Waals surface area contributed by atoms with Crippen LogP contribution < -0.4 is 0 Å². The van der Waals surface area contributed by atoms with Crippen molar-refractivity contribution in [3.8, 4) is 0 Å². The number of Topliss-reactive ketones (excluding diaryl/α,β-unsaturated/α-hetero) is 1. The molecule has 92 valence electrons. The fraction of sp³-hybridized carbons (Fsp3) is 0.562. The molecule has 1 saturated carbocycles. The van der Waals surface area contributed by atoms with Gasteiger partial charge < -0.3 is 0 Å². The quantitative estimate of drug-likeness (QED) is 0.706. The van der Waals surface area contributed by atoms with Crippen LogP contribution in [0.3, 0.4) is 0 Å². The summed E-state index contributed by atoms with van der Waals surface area (Å²) >= 11 is 0. The molecule has 1 aliphatic carbocycles. The first-order valence-corrected chi connectivity index (χ1v) is 6.59. The Balaban J connectivity index is 2.15. The molecule has 1 nitrogen and oxygen atoms in total. The van der Waals surface area contributed by atoms with Gasteiger partial charge in [0, 0.05) is 12.8 Å². The summed E-state index contributed by atoms with van der Waals surface area (Å²) in [6, 6.07) is 8.86. The van der Waals surface area contributed by atoms with Crippen molar-refractivity contribution < 1.29 is 4.79 Å². The molecular formula is C16H22O. The molecular weight excluding hydrogens is 208 g/mol. The minimum Gasteiger partial charge on any atom is -0.300 e. The van der Waals surface area contributed by atoms with Gasteiger partial charge in [-0.15, -0.1) is 0 Å². The van der Waals surface area contributed by atoms with Crippen molar-refractivity contribution in [1.29, 1.82) is 0 Å².